The van der Waals surface area contributed by atoms with Crippen LogP contribution < -0.4 is 5.56 Å². The summed E-state index contributed by atoms with van der Waals surface area (Å²) in [7, 11) is 0. The number of aromatic nitrogens is 2. The number of para-hydroxylation sites is 1. The molecule has 1 saturated heterocycles. The Morgan fingerprint density at radius 3 is 2.73 bits per heavy atom. The van der Waals surface area contributed by atoms with E-state index < -0.39 is 0 Å². The maximum Gasteiger partial charge on any atom is 0.262 e. The second-order valence-electron chi connectivity index (χ2n) is 6.62. The Bertz CT molecular complexity index is 949. The predicted octanol–water partition coefficient (Wildman–Crippen LogP) is 4.28. The van der Waals surface area contributed by atoms with Gasteiger partial charge in [0.15, 0.2) is 5.16 Å². The van der Waals surface area contributed by atoms with Crippen LogP contribution in [-0.2, 0) is 4.74 Å². The topological polar surface area (TPSA) is 44.1 Å². The van der Waals surface area contributed by atoms with Gasteiger partial charge >= 0.3 is 0 Å². The van der Waals surface area contributed by atoms with Crippen LogP contribution in [-0.4, -0.2) is 28.0 Å². The van der Waals surface area contributed by atoms with Crippen molar-refractivity contribution in [1.29, 1.82) is 0 Å². The summed E-state index contributed by atoms with van der Waals surface area (Å²) >= 11 is 1.62. The number of rotatable bonds is 5. The standard InChI is InChI=1S/C21H22N2O2S/c1-15(16-8-3-2-4-9-16)23-20(24)18-11-5-6-12-19(18)22-21(23)26-14-17-10-7-13-25-17/h2-6,8-9,11-12,15,17H,7,10,13-14H2,1H3/t15-,17-/m1/s1. The highest BCUT2D eigenvalue weighted by molar-refractivity contribution is 7.99. The summed E-state index contributed by atoms with van der Waals surface area (Å²) in [4.78, 5) is 18.1. The Kier molecular flexibility index (Phi) is 5.09. The van der Waals surface area contributed by atoms with E-state index in [2.05, 4.69) is 19.1 Å². The zero-order valence-electron chi connectivity index (χ0n) is 14.8. The van der Waals surface area contributed by atoms with Crippen LogP contribution in [0.1, 0.15) is 31.4 Å². The molecule has 134 valence electrons. The van der Waals surface area contributed by atoms with Gasteiger partial charge in [-0.1, -0.05) is 54.2 Å². The van der Waals surface area contributed by atoms with E-state index in [1.165, 1.54) is 0 Å². The average Bonchev–Trinajstić information content (AvgIpc) is 3.20. The number of fused-ring (bicyclic) bond motifs is 1. The molecule has 0 bridgehead atoms. The van der Waals surface area contributed by atoms with Crippen molar-refractivity contribution < 1.29 is 4.74 Å². The highest BCUT2D eigenvalue weighted by Gasteiger charge is 2.21. The quantitative estimate of drug-likeness (QED) is 0.499. The molecular weight excluding hydrogens is 344 g/mol. The number of hydrogen-bond donors (Lipinski definition) is 0. The molecule has 0 amide bonds. The van der Waals surface area contributed by atoms with Crippen LogP contribution in [0.25, 0.3) is 10.9 Å². The van der Waals surface area contributed by atoms with Gasteiger partial charge in [0.2, 0.25) is 0 Å². The van der Waals surface area contributed by atoms with E-state index in [1.807, 2.05) is 47.0 Å². The van der Waals surface area contributed by atoms with Crippen LogP contribution in [0, 0.1) is 0 Å². The molecule has 2 atom stereocenters. The number of benzene rings is 2. The first-order valence-corrected chi connectivity index (χ1v) is 10.0. The summed E-state index contributed by atoms with van der Waals surface area (Å²) in [6.45, 7) is 2.90. The third kappa shape index (κ3) is 3.41. The van der Waals surface area contributed by atoms with Crippen molar-refractivity contribution in [3.05, 3.63) is 70.5 Å². The third-order valence-electron chi connectivity index (χ3n) is 4.87. The first-order valence-electron chi connectivity index (χ1n) is 9.04. The molecule has 5 heteroatoms. The van der Waals surface area contributed by atoms with Crippen molar-refractivity contribution in [2.24, 2.45) is 0 Å². The summed E-state index contributed by atoms with van der Waals surface area (Å²) < 4.78 is 7.57. The molecular formula is C21H22N2O2S. The summed E-state index contributed by atoms with van der Waals surface area (Å²) in [5.41, 5.74) is 1.87. The van der Waals surface area contributed by atoms with Crippen LogP contribution in [0.15, 0.2) is 64.5 Å². The Hall–Kier alpha value is -2.11. The van der Waals surface area contributed by atoms with Gasteiger partial charge in [0.05, 0.1) is 23.0 Å². The lowest BCUT2D eigenvalue weighted by Gasteiger charge is -2.20. The van der Waals surface area contributed by atoms with E-state index in [0.717, 1.165) is 41.4 Å². The molecule has 0 aliphatic carbocycles. The van der Waals surface area contributed by atoms with Crippen LogP contribution in [0.5, 0.6) is 0 Å². The lowest BCUT2D eigenvalue weighted by atomic mass is 10.1. The number of hydrogen-bond acceptors (Lipinski definition) is 4. The zero-order chi connectivity index (χ0) is 17.9. The minimum Gasteiger partial charge on any atom is -0.377 e. The van der Waals surface area contributed by atoms with Gasteiger partial charge in [-0.3, -0.25) is 9.36 Å². The molecule has 0 N–H and O–H groups in total. The first-order chi connectivity index (χ1) is 12.7. The van der Waals surface area contributed by atoms with Crippen molar-refractivity contribution in [2.75, 3.05) is 12.4 Å². The lowest BCUT2D eigenvalue weighted by molar-refractivity contribution is 0.129. The van der Waals surface area contributed by atoms with Crippen LogP contribution in [0.4, 0.5) is 0 Å². The summed E-state index contributed by atoms with van der Waals surface area (Å²) in [5.74, 6) is 0.826. The maximum absolute atomic E-state index is 13.2. The van der Waals surface area contributed by atoms with E-state index in [0.29, 0.717) is 5.39 Å². The molecule has 0 unspecified atom stereocenters. The van der Waals surface area contributed by atoms with Gasteiger partial charge in [0.25, 0.3) is 5.56 Å². The van der Waals surface area contributed by atoms with E-state index in [4.69, 9.17) is 9.72 Å². The molecule has 1 aliphatic heterocycles. The van der Waals surface area contributed by atoms with Crippen LogP contribution >= 0.6 is 11.8 Å². The Morgan fingerprint density at radius 2 is 1.96 bits per heavy atom. The molecule has 1 fully saturated rings. The average molecular weight is 366 g/mol. The van der Waals surface area contributed by atoms with Crippen LogP contribution in [0.3, 0.4) is 0 Å². The smallest absolute Gasteiger partial charge is 0.262 e. The molecule has 1 aromatic heterocycles. The lowest BCUT2D eigenvalue weighted by Crippen LogP contribution is -2.27. The highest BCUT2D eigenvalue weighted by Crippen LogP contribution is 2.27. The number of thioether (sulfide) groups is 1. The normalized spacial score (nSPS) is 18.3. The first kappa shape index (κ1) is 17.3. The molecule has 4 nitrogen and oxygen atoms in total. The predicted molar refractivity (Wildman–Crippen MR) is 106 cm³/mol. The van der Waals surface area contributed by atoms with Gasteiger partial charge in [-0.05, 0) is 37.5 Å². The van der Waals surface area contributed by atoms with Gasteiger partial charge in [-0.15, -0.1) is 0 Å². The highest BCUT2D eigenvalue weighted by atomic mass is 32.2. The minimum absolute atomic E-state index is 0.0155. The Balaban J connectivity index is 1.78. The molecule has 2 heterocycles. The molecule has 26 heavy (non-hydrogen) atoms. The SMILES string of the molecule is C[C@H](c1ccccc1)n1c(SC[C@H]2CCCO2)nc2ccccc2c1=O. The van der Waals surface area contributed by atoms with Crippen molar-refractivity contribution in [1.82, 2.24) is 9.55 Å². The fourth-order valence-corrected chi connectivity index (χ4v) is 4.53. The molecule has 0 saturated carbocycles. The molecule has 0 radical (unpaired) electrons. The largest absolute Gasteiger partial charge is 0.377 e. The van der Waals surface area contributed by atoms with Crippen molar-refractivity contribution in [3.63, 3.8) is 0 Å². The Labute approximate surface area is 157 Å². The van der Waals surface area contributed by atoms with Gasteiger partial charge < -0.3 is 4.74 Å². The Morgan fingerprint density at radius 1 is 1.19 bits per heavy atom. The second kappa shape index (κ2) is 7.64. The summed E-state index contributed by atoms with van der Waals surface area (Å²) in [6.07, 6.45) is 2.45. The number of nitrogens with zero attached hydrogens (tertiary/aromatic N) is 2. The van der Waals surface area contributed by atoms with E-state index in [1.54, 1.807) is 11.8 Å². The van der Waals surface area contributed by atoms with E-state index in [-0.39, 0.29) is 17.7 Å². The van der Waals surface area contributed by atoms with E-state index in [9.17, 15) is 4.79 Å². The second-order valence-corrected chi connectivity index (χ2v) is 7.61. The molecule has 2 aromatic carbocycles. The minimum atomic E-state index is -0.0761. The van der Waals surface area contributed by atoms with E-state index >= 15 is 0 Å². The molecule has 0 spiro atoms. The number of ether oxygens (including phenoxy) is 1. The van der Waals surface area contributed by atoms with Gasteiger partial charge in [-0.2, -0.15) is 0 Å². The fourth-order valence-electron chi connectivity index (χ4n) is 3.39. The molecule has 4 rings (SSSR count). The monoisotopic (exact) mass is 366 g/mol. The fraction of sp³-hybridized carbons (Fsp3) is 0.333. The maximum atomic E-state index is 13.2. The summed E-state index contributed by atoms with van der Waals surface area (Å²) in [5, 5.41) is 1.43. The van der Waals surface area contributed by atoms with Crippen molar-refractivity contribution >= 4 is 22.7 Å². The van der Waals surface area contributed by atoms with Gasteiger partial charge in [0, 0.05) is 12.4 Å². The zero-order valence-corrected chi connectivity index (χ0v) is 15.6. The third-order valence-corrected chi connectivity index (χ3v) is 5.95. The molecule has 3 aromatic rings. The van der Waals surface area contributed by atoms with Gasteiger partial charge in [0.1, 0.15) is 0 Å². The van der Waals surface area contributed by atoms with Gasteiger partial charge in [-0.25, -0.2) is 4.98 Å². The van der Waals surface area contributed by atoms with Crippen molar-refractivity contribution in [2.45, 2.75) is 37.1 Å². The summed E-state index contributed by atoms with van der Waals surface area (Å²) in [6, 6.07) is 17.6. The molecule has 1 aliphatic rings. The van der Waals surface area contributed by atoms with Crippen LogP contribution in [0.2, 0.25) is 0 Å². The van der Waals surface area contributed by atoms with Crippen molar-refractivity contribution in [3.8, 4) is 0 Å².